The van der Waals surface area contributed by atoms with Gasteiger partial charge in [0.2, 0.25) is 0 Å². The molecule has 0 saturated carbocycles. The van der Waals surface area contributed by atoms with E-state index in [1.165, 1.54) is 12.7 Å². The van der Waals surface area contributed by atoms with E-state index in [9.17, 15) is 9.59 Å². The lowest BCUT2D eigenvalue weighted by molar-refractivity contribution is 0.111. The quantitative estimate of drug-likeness (QED) is 0.0591. The molecule has 4 aromatic carbocycles. The second kappa shape index (κ2) is 20.7. The molecule has 0 aliphatic heterocycles. The minimum absolute atomic E-state index is 0. The monoisotopic (exact) mass is 760 g/mol. The number of aldehydes is 2. The number of halogens is 3. The number of nitrogens with one attached hydrogen (secondary N) is 1. The van der Waals surface area contributed by atoms with E-state index in [2.05, 4.69) is 25.3 Å². The molecule has 0 aliphatic carbocycles. The van der Waals surface area contributed by atoms with Gasteiger partial charge in [0.15, 0.2) is 12.6 Å². The lowest BCUT2D eigenvalue weighted by atomic mass is 10.2. The molecule has 0 amide bonds. The fourth-order valence-corrected chi connectivity index (χ4v) is 4.72. The summed E-state index contributed by atoms with van der Waals surface area (Å²) in [6, 6.07) is 30.2. The summed E-state index contributed by atoms with van der Waals surface area (Å²) in [5.74, 6) is 1.75. The van der Waals surface area contributed by atoms with Crippen LogP contribution in [0.5, 0.6) is 11.5 Å². The number of anilines is 5. The van der Waals surface area contributed by atoms with Crippen LogP contribution in [0.4, 0.5) is 28.8 Å². The summed E-state index contributed by atoms with van der Waals surface area (Å²) in [7, 11) is 0. The molecule has 12 nitrogen and oxygen atoms in total. The van der Waals surface area contributed by atoms with E-state index in [1.54, 1.807) is 36.4 Å². The van der Waals surface area contributed by atoms with E-state index in [4.69, 9.17) is 61.5 Å². The molecule has 0 unspecified atom stereocenters. The summed E-state index contributed by atoms with van der Waals surface area (Å²) >= 11 is 17.7. The normalized spacial score (nSPS) is 9.83. The van der Waals surface area contributed by atoms with E-state index >= 15 is 0 Å². The van der Waals surface area contributed by atoms with Crippen LogP contribution in [0.3, 0.4) is 0 Å². The third-order valence-corrected chi connectivity index (χ3v) is 7.53. The Bertz CT molecular complexity index is 2040. The Hall–Kier alpha value is -5.95. The van der Waals surface area contributed by atoms with Crippen molar-refractivity contribution in [2.24, 2.45) is 0 Å². The number of aromatic nitrogens is 4. The number of benzene rings is 4. The third kappa shape index (κ3) is 12.1. The number of hydrogen-bond donors (Lipinski definition) is 4. The summed E-state index contributed by atoms with van der Waals surface area (Å²) in [6.07, 6.45) is 3.61. The summed E-state index contributed by atoms with van der Waals surface area (Å²) in [4.78, 5) is 36.3. The summed E-state index contributed by atoms with van der Waals surface area (Å²) in [6.45, 7) is 0.926. The molecule has 0 radical (unpaired) electrons. The number of rotatable bonds is 10. The van der Waals surface area contributed by atoms with Gasteiger partial charge < -0.3 is 32.0 Å². The molecule has 7 N–H and O–H groups in total. The van der Waals surface area contributed by atoms with Crippen molar-refractivity contribution >= 4 is 76.2 Å². The molecule has 0 aliphatic rings. The summed E-state index contributed by atoms with van der Waals surface area (Å²) < 4.78 is 11.3. The Balaban J connectivity index is 0.000000231. The van der Waals surface area contributed by atoms with Crippen molar-refractivity contribution < 1.29 is 19.1 Å². The van der Waals surface area contributed by atoms with E-state index in [0.29, 0.717) is 64.5 Å². The fourth-order valence-electron chi connectivity index (χ4n) is 4.06. The zero-order valence-electron chi connectivity index (χ0n) is 26.7. The van der Waals surface area contributed by atoms with Gasteiger partial charge in [-0.15, -0.1) is 0 Å². The molecular formula is C37H35Cl3N8O4. The van der Waals surface area contributed by atoms with Gasteiger partial charge in [-0.25, -0.2) is 19.9 Å². The molecule has 0 fully saturated rings. The van der Waals surface area contributed by atoms with Crippen LogP contribution in [0.2, 0.25) is 15.2 Å². The summed E-state index contributed by atoms with van der Waals surface area (Å²) in [5.41, 5.74) is 20.3. The zero-order valence-corrected chi connectivity index (χ0v) is 29.0. The van der Waals surface area contributed by atoms with Crippen LogP contribution in [-0.2, 0) is 13.2 Å². The van der Waals surface area contributed by atoms with Crippen molar-refractivity contribution in [1.29, 1.82) is 0 Å². The second-order valence-corrected chi connectivity index (χ2v) is 11.4. The van der Waals surface area contributed by atoms with Gasteiger partial charge in [-0.3, -0.25) is 9.59 Å². The van der Waals surface area contributed by atoms with Crippen molar-refractivity contribution in [3.8, 4) is 11.5 Å². The first-order valence-electron chi connectivity index (χ1n) is 14.9. The molecule has 15 heteroatoms. The van der Waals surface area contributed by atoms with Crippen molar-refractivity contribution in [3.63, 3.8) is 0 Å². The maximum Gasteiger partial charge on any atom is 0.157 e. The maximum absolute atomic E-state index is 11.1. The van der Waals surface area contributed by atoms with Crippen LogP contribution < -0.4 is 32.0 Å². The van der Waals surface area contributed by atoms with Gasteiger partial charge in [-0.2, -0.15) is 0 Å². The Labute approximate surface area is 315 Å². The molecule has 0 saturated heterocycles. The van der Waals surface area contributed by atoms with Crippen molar-refractivity contribution in [3.05, 3.63) is 147 Å². The van der Waals surface area contributed by atoms with Gasteiger partial charge in [-0.1, -0.05) is 103 Å². The number of hydrogen-bond acceptors (Lipinski definition) is 12. The van der Waals surface area contributed by atoms with E-state index in [-0.39, 0.29) is 35.3 Å². The Morgan fingerprint density at radius 1 is 0.615 bits per heavy atom. The van der Waals surface area contributed by atoms with E-state index < -0.39 is 0 Å². The SMILES string of the molecule is C.Nc1ccc(OCc2ccccc2)c(Cl)c1.Nc1ncnc(Cl)c1C=O.Nc1ncnc(Nc2ccc(OCc3ccccc3)c(Cl)c2)c1C=O. The first kappa shape index (κ1) is 40.5. The Morgan fingerprint density at radius 3 is 1.60 bits per heavy atom. The molecule has 2 aromatic heterocycles. The van der Waals surface area contributed by atoms with Crippen LogP contribution in [0.15, 0.2) is 110 Å². The Kier molecular flexibility index (Phi) is 16.1. The molecule has 6 rings (SSSR count). The zero-order chi connectivity index (χ0) is 36.6. The predicted octanol–water partition coefficient (Wildman–Crippen LogP) is 8.51. The molecule has 0 atom stereocenters. The first-order valence-corrected chi connectivity index (χ1v) is 16.0. The highest BCUT2D eigenvalue weighted by molar-refractivity contribution is 6.33. The van der Waals surface area contributed by atoms with Crippen molar-refractivity contribution in [2.45, 2.75) is 20.6 Å². The van der Waals surface area contributed by atoms with Gasteiger partial charge in [0.1, 0.15) is 60.0 Å². The lowest BCUT2D eigenvalue weighted by Gasteiger charge is -2.12. The van der Waals surface area contributed by atoms with Crippen LogP contribution in [0.1, 0.15) is 39.3 Å². The molecule has 268 valence electrons. The topological polar surface area (TPSA) is 194 Å². The first-order chi connectivity index (χ1) is 24.7. The third-order valence-electron chi connectivity index (χ3n) is 6.64. The van der Waals surface area contributed by atoms with Gasteiger partial charge in [0.25, 0.3) is 0 Å². The van der Waals surface area contributed by atoms with E-state index in [1.807, 2.05) is 60.7 Å². The maximum atomic E-state index is 11.1. The molecule has 0 bridgehead atoms. The minimum atomic E-state index is 0. The predicted molar refractivity (Wildman–Crippen MR) is 208 cm³/mol. The molecule has 2 heterocycles. The second-order valence-electron chi connectivity index (χ2n) is 10.2. The van der Waals surface area contributed by atoms with Crippen molar-refractivity contribution in [1.82, 2.24) is 19.9 Å². The largest absolute Gasteiger partial charge is 0.487 e. The standard InChI is InChI=1S/C18H15ClN4O2.C13H12ClNO.C5H4ClN3O.CH4/c19-15-8-13(23-18-14(9-24)17(20)21-11-22-18)6-7-16(15)25-10-12-4-2-1-3-5-12;14-12-8-11(15)6-7-13(12)16-9-10-4-2-1-3-5-10;6-4-3(1-10)5(7)9-2-8-4;/h1-9,11H,10H2,(H3,20,21,22,23);1-8H,9,15H2;1-2H,(H2,7,8,9);1H4. The number of nitrogens with zero attached hydrogens (tertiary/aromatic N) is 4. The van der Waals surface area contributed by atoms with E-state index in [0.717, 1.165) is 11.1 Å². The fraction of sp³-hybridized carbons (Fsp3) is 0.0811. The number of carbonyl (C=O) groups is 2. The number of nitrogen functional groups attached to an aromatic ring is 3. The van der Waals surface area contributed by atoms with Gasteiger partial charge in [0, 0.05) is 11.4 Å². The molecule has 52 heavy (non-hydrogen) atoms. The van der Waals surface area contributed by atoms with Gasteiger partial charge >= 0.3 is 0 Å². The van der Waals surface area contributed by atoms with Crippen LogP contribution in [-0.4, -0.2) is 32.5 Å². The molecule has 0 spiro atoms. The lowest BCUT2D eigenvalue weighted by Crippen LogP contribution is -2.04. The average molecular weight is 762 g/mol. The highest BCUT2D eigenvalue weighted by Crippen LogP contribution is 2.30. The highest BCUT2D eigenvalue weighted by atomic mass is 35.5. The average Bonchev–Trinajstić information content (AvgIpc) is 3.13. The van der Waals surface area contributed by atoms with Gasteiger partial charge in [0.05, 0.1) is 21.2 Å². The molecular weight excluding hydrogens is 727 g/mol. The smallest absolute Gasteiger partial charge is 0.157 e. The van der Waals surface area contributed by atoms with Crippen LogP contribution in [0, 0.1) is 0 Å². The minimum Gasteiger partial charge on any atom is -0.487 e. The highest BCUT2D eigenvalue weighted by Gasteiger charge is 2.10. The van der Waals surface area contributed by atoms with Crippen LogP contribution >= 0.6 is 34.8 Å². The Morgan fingerprint density at radius 2 is 1.12 bits per heavy atom. The number of carbonyl (C=O) groups excluding carboxylic acids is 2. The number of nitrogens with two attached hydrogens (primary N) is 3. The van der Waals surface area contributed by atoms with Crippen LogP contribution in [0.25, 0.3) is 0 Å². The molecule has 6 aromatic rings. The van der Waals surface area contributed by atoms with Crippen molar-refractivity contribution in [2.75, 3.05) is 22.5 Å². The number of ether oxygens (including phenoxy) is 2. The summed E-state index contributed by atoms with van der Waals surface area (Å²) in [5, 5.41) is 4.07. The van der Waals surface area contributed by atoms with Gasteiger partial charge in [-0.05, 0) is 47.5 Å².